The average Bonchev–Trinajstić information content (AvgIpc) is 2.77. The molecule has 0 fully saturated rings. The second-order valence-corrected chi connectivity index (χ2v) is 6.07. The Hall–Kier alpha value is -3.97. The molecule has 1 atom stereocenters. The standard InChI is InChI=1S/C20H23N7O3/c1-30-17-8-4-14(5-9-17)12-18(19(26-22)27-23-10-11-28)25-20(29)24-16-6-2-15(13-21)3-7-16/h2-9,18,28H,10-12,22H2,1H3,(H2,24,25,29)/t18-/m0/s1. The number of methoxy groups -OCH3 is 1. The summed E-state index contributed by atoms with van der Waals surface area (Å²) in [7, 11) is 1.58. The van der Waals surface area contributed by atoms with E-state index in [1.54, 1.807) is 43.5 Å². The van der Waals surface area contributed by atoms with Crippen LogP contribution in [0.1, 0.15) is 11.1 Å². The van der Waals surface area contributed by atoms with E-state index >= 15 is 0 Å². The van der Waals surface area contributed by atoms with Crippen LogP contribution in [0.25, 0.3) is 0 Å². The number of hydrazone groups is 1. The molecule has 0 saturated carbocycles. The third-order valence-electron chi connectivity index (χ3n) is 3.99. The maximum absolute atomic E-state index is 12.5. The van der Waals surface area contributed by atoms with Crippen molar-refractivity contribution < 1.29 is 14.6 Å². The van der Waals surface area contributed by atoms with Crippen LogP contribution >= 0.6 is 0 Å². The summed E-state index contributed by atoms with van der Waals surface area (Å²) in [5.41, 5.74) is 1.89. The number of nitrogens with one attached hydrogen (secondary N) is 2. The predicted octanol–water partition coefficient (Wildman–Crippen LogP) is 2.02. The number of nitrogens with zero attached hydrogens (tertiary/aromatic N) is 4. The van der Waals surface area contributed by atoms with Gasteiger partial charge in [-0.25, -0.2) is 4.79 Å². The summed E-state index contributed by atoms with van der Waals surface area (Å²) < 4.78 is 5.15. The number of hydrogen-bond donors (Lipinski definition) is 4. The molecule has 0 unspecified atom stereocenters. The lowest BCUT2D eigenvalue weighted by Gasteiger charge is -2.18. The first-order valence-corrected chi connectivity index (χ1v) is 9.06. The molecule has 5 N–H and O–H groups in total. The van der Waals surface area contributed by atoms with Gasteiger partial charge in [0.25, 0.3) is 0 Å². The molecule has 156 valence electrons. The van der Waals surface area contributed by atoms with Crippen LogP contribution in [-0.2, 0) is 6.42 Å². The lowest BCUT2D eigenvalue weighted by atomic mass is 10.1. The van der Waals surface area contributed by atoms with Gasteiger partial charge < -0.3 is 26.3 Å². The van der Waals surface area contributed by atoms with Gasteiger partial charge in [-0.05, 0) is 42.0 Å². The zero-order chi connectivity index (χ0) is 21.8. The second-order valence-electron chi connectivity index (χ2n) is 6.07. The van der Waals surface area contributed by atoms with Gasteiger partial charge in [0.15, 0.2) is 5.84 Å². The zero-order valence-corrected chi connectivity index (χ0v) is 16.4. The van der Waals surface area contributed by atoms with Gasteiger partial charge >= 0.3 is 6.03 Å². The van der Waals surface area contributed by atoms with Crippen molar-refractivity contribution in [2.75, 3.05) is 25.6 Å². The first-order chi connectivity index (χ1) is 14.6. The summed E-state index contributed by atoms with van der Waals surface area (Å²) in [6.45, 7) is -0.0805. The number of aliphatic hydroxyl groups is 1. The molecule has 0 spiro atoms. The van der Waals surface area contributed by atoms with Crippen molar-refractivity contribution in [2.24, 2.45) is 21.2 Å². The van der Waals surface area contributed by atoms with Gasteiger partial charge in [0.2, 0.25) is 0 Å². The van der Waals surface area contributed by atoms with E-state index in [-0.39, 0.29) is 19.0 Å². The Balaban J connectivity index is 2.15. The molecule has 0 saturated heterocycles. The second kappa shape index (κ2) is 11.8. The molecular weight excluding hydrogens is 386 g/mol. The van der Waals surface area contributed by atoms with E-state index in [1.165, 1.54) is 0 Å². The largest absolute Gasteiger partial charge is 0.497 e. The van der Waals surface area contributed by atoms with E-state index in [1.807, 2.05) is 18.2 Å². The molecule has 10 heteroatoms. The van der Waals surface area contributed by atoms with Crippen molar-refractivity contribution in [3.63, 3.8) is 0 Å². The molecule has 0 bridgehead atoms. The highest BCUT2D eigenvalue weighted by Crippen LogP contribution is 2.14. The fourth-order valence-electron chi connectivity index (χ4n) is 2.51. The Bertz CT molecular complexity index is 919. The highest BCUT2D eigenvalue weighted by atomic mass is 16.5. The van der Waals surface area contributed by atoms with Crippen molar-refractivity contribution >= 4 is 17.6 Å². The van der Waals surface area contributed by atoms with Gasteiger partial charge in [-0.2, -0.15) is 15.5 Å². The first-order valence-electron chi connectivity index (χ1n) is 9.06. The predicted molar refractivity (Wildman–Crippen MR) is 112 cm³/mol. The summed E-state index contributed by atoms with van der Waals surface area (Å²) in [6, 6.07) is 14.6. The Morgan fingerprint density at radius 1 is 1.23 bits per heavy atom. The van der Waals surface area contributed by atoms with Crippen molar-refractivity contribution in [3.05, 3.63) is 59.7 Å². The molecule has 0 aliphatic heterocycles. The minimum absolute atomic E-state index is 0.0890. The lowest BCUT2D eigenvalue weighted by molar-refractivity contribution is 0.250. The number of ether oxygens (including phenoxy) is 1. The van der Waals surface area contributed by atoms with E-state index < -0.39 is 12.1 Å². The van der Waals surface area contributed by atoms with Crippen LogP contribution in [0.4, 0.5) is 10.5 Å². The van der Waals surface area contributed by atoms with Crippen molar-refractivity contribution in [2.45, 2.75) is 12.5 Å². The molecular formula is C20H23N7O3. The third kappa shape index (κ3) is 6.88. The van der Waals surface area contributed by atoms with E-state index in [0.29, 0.717) is 23.4 Å². The number of nitriles is 1. The van der Waals surface area contributed by atoms with Crippen molar-refractivity contribution in [3.8, 4) is 11.8 Å². The number of carbonyl (C=O) groups is 1. The number of azo groups is 1. The van der Waals surface area contributed by atoms with Crippen LogP contribution < -0.4 is 21.2 Å². The number of carbonyl (C=O) groups excluding carboxylic acids is 1. The normalized spacial score (nSPS) is 12.2. The van der Waals surface area contributed by atoms with Crippen molar-refractivity contribution in [1.29, 1.82) is 5.26 Å². The van der Waals surface area contributed by atoms with Crippen LogP contribution in [0.2, 0.25) is 0 Å². The molecule has 2 aromatic rings. The van der Waals surface area contributed by atoms with Crippen molar-refractivity contribution in [1.82, 2.24) is 5.32 Å². The van der Waals surface area contributed by atoms with E-state index in [0.717, 1.165) is 5.56 Å². The van der Waals surface area contributed by atoms with Gasteiger partial charge in [0.05, 0.1) is 37.9 Å². The fourth-order valence-corrected chi connectivity index (χ4v) is 2.51. The minimum atomic E-state index is -0.677. The Kier molecular flexibility index (Phi) is 8.76. The minimum Gasteiger partial charge on any atom is -0.497 e. The van der Waals surface area contributed by atoms with Crippen LogP contribution in [0.3, 0.4) is 0 Å². The van der Waals surface area contributed by atoms with Gasteiger partial charge in [0, 0.05) is 12.1 Å². The smallest absolute Gasteiger partial charge is 0.319 e. The Labute approximate surface area is 174 Å². The number of amidine groups is 1. The monoisotopic (exact) mass is 409 g/mol. The van der Waals surface area contributed by atoms with Crippen LogP contribution in [0, 0.1) is 11.3 Å². The number of nitrogens with two attached hydrogens (primary N) is 1. The molecule has 2 rings (SSSR count). The summed E-state index contributed by atoms with van der Waals surface area (Å²) in [5.74, 6) is 6.28. The third-order valence-corrected chi connectivity index (χ3v) is 3.99. The topological polar surface area (TPSA) is 157 Å². The summed E-state index contributed by atoms with van der Waals surface area (Å²) in [4.78, 5) is 12.5. The molecule has 0 aromatic heterocycles. The number of amides is 2. The van der Waals surface area contributed by atoms with E-state index in [2.05, 4.69) is 26.0 Å². The number of rotatable bonds is 8. The quantitative estimate of drug-likeness (QED) is 0.172. The molecule has 2 amide bonds. The maximum Gasteiger partial charge on any atom is 0.319 e. The summed E-state index contributed by atoms with van der Waals surface area (Å²) in [5, 5.41) is 34.6. The van der Waals surface area contributed by atoms with E-state index in [9.17, 15) is 4.79 Å². The van der Waals surface area contributed by atoms with Crippen LogP contribution in [0.15, 0.2) is 63.9 Å². The average molecular weight is 409 g/mol. The number of aliphatic hydroxyl groups excluding tert-OH is 1. The molecule has 10 nitrogen and oxygen atoms in total. The molecule has 0 heterocycles. The molecule has 0 aliphatic rings. The Morgan fingerprint density at radius 2 is 1.93 bits per heavy atom. The number of benzene rings is 2. The molecule has 2 aromatic carbocycles. The SMILES string of the molecule is COc1ccc(C[C@H](NC(=O)Nc2ccc(C#N)cc2)C(N=NCCO)=NN)cc1. The number of anilines is 1. The highest BCUT2D eigenvalue weighted by Gasteiger charge is 2.20. The summed E-state index contributed by atoms with van der Waals surface area (Å²) in [6.07, 6.45) is 0.346. The van der Waals surface area contributed by atoms with Gasteiger partial charge in [0.1, 0.15) is 5.75 Å². The number of urea groups is 1. The van der Waals surface area contributed by atoms with Gasteiger partial charge in [-0.3, -0.25) is 0 Å². The van der Waals surface area contributed by atoms with E-state index in [4.69, 9.17) is 20.9 Å². The van der Waals surface area contributed by atoms with Gasteiger partial charge in [-0.1, -0.05) is 12.1 Å². The lowest BCUT2D eigenvalue weighted by Crippen LogP contribution is -2.44. The highest BCUT2D eigenvalue weighted by molar-refractivity contribution is 5.95. The summed E-state index contributed by atoms with van der Waals surface area (Å²) >= 11 is 0. The van der Waals surface area contributed by atoms with Gasteiger partial charge in [-0.15, -0.1) is 5.11 Å². The molecule has 30 heavy (non-hydrogen) atoms. The fraction of sp³-hybridized carbons (Fsp3) is 0.250. The molecule has 0 aliphatic carbocycles. The number of hydrogen-bond acceptors (Lipinski definition) is 7. The zero-order valence-electron chi connectivity index (χ0n) is 16.4. The van der Waals surface area contributed by atoms with Crippen LogP contribution in [0.5, 0.6) is 5.75 Å². The Morgan fingerprint density at radius 3 is 2.50 bits per heavy atom. The first kappa shape index (κ1) is 22.3. The van der Waals surface area contributed by atoms with Crippen LogP contribution in [-0.4, -0.2) is 43.3 Å². The molecule has 0 radical (unpaired) electrons. The maximum atomic E-state index is 12.5.